The van der Waals surface area contributed by atoms with Crippen LogP contribution in [0.4, 0.5) is 5.82 Å². The van der Waals surface area contributed by atoms with E-state index in [1.54, 1.807) is 12.1 Å². The summed E-state index contributed by atoms with van der Waals surface area (Å²) in [7, 11) is 2.08. The number of amides is 1. The second-order valence-corrected chi connectivity index (χ2v) is 5.78. The van der Waals surface area contributed by atoms with E-state index < -0.39 is 5.54 Å². The van der Waals surface area contributed by atoms with Crippen molar-refractivity contribution in [2.75, 3.05) is 11.9 Å². The lowest BCUT2D eigenvalue weighted by molar-refractivity contribution is -0.134. The predicted molar refractivity (Wildman–Crippen MR) is 79.9 cm³/mol. The van der Waals surface area contributed by atoms with Crippen molar-refractivity contribution in [3.05, 3.63) is 23.9 Å². The molecule has 1 amide bonds. The molecule has 0 saturated carbocycles. The summed E-state index contributed by atoms with van der Waals surface area (Å²) >= 11 is 0. The highest BCUT2D eigenvalue weighted by Crippen LogP contribution is 2.22. The zero-order valence-corrected chi connectivity index (χ0v) is 12.2. The van der Waals surface area contributed by atoms with Crippen LogP contribution in [0.1, 0.15) is 32.3 Å². The fraction of sp³-hybridized carbons (Fsp3) is 0.500. The van der Waals surface area contributed by atoms with E-state index in [2.05, 4.69) is 18.1 Å². The lowest BCUT2D eigenvalue weighted by Gasteiger charge is -2.33. The molecule has 0 bridgehead atoms. The van der Waals surface area contributed by atoms with E-state index in [-0.39, 0.29) is 5.91 Å². The molecule has 1 aliphatic heterocycles. The van der Waals surface area contributed by atoms with Gasteiger partial charge in [-0.2, -0.15) is 5.26 Å². The summed E-state index contributed by atoms with van der Waals surface area (Å²) in [6.45, 7) is 4.55. The van der Waals surface area contributed by atoms with E-state index in [1.165, 1.54) is 6.20 Å². The minimum atomic E-state index is -0.709. The van der Waals surface area contributed by atoms with Gasteiger partial charge < -0.3 is 10.2 Å². The van der Waals surface area contributed by atoms with Crippen molar-refractivity contribution in [3.8, 4) is 6.07 Å². The van der Waals surface area contributed by atoms with Crippen LogP contribution in [-0.4, -0.2) is 41.7 Å². The molecule has 1 aromatic heterocycles. The lowest BCUT2D eigenvalue weighted by Crippen LogP contribution is -2.51. The Morgan fingerprint density at radius 2 is 2.35 bits per heavy atom. The lowest BCUT2D eigenvalue weighted by atomic mass is 9.92. The van der Waals surface area contributed by atoms with Crippen LogP contribution in [0.25, 0.3) is 0 Å². The normalized spacial score (nSPS) is 18.6. The summed E-state index contributed by atoms with van der Waals surface area (Å²) in [5.41, 5.74) is -0.201. The van der Waals surface area contributed by atoms with Crippen molar-refractivity contribution in [1.82, 2.24) is 9.88 Å². The van der Waals surface area contributed by atoms with Crippen molar-refractivity contribution in [1.29, 1.82) is 5.26 Å². The van der Waals surface area contributed by atoms with Gasteiger partial charge in [-0.15, -0.1) is 0 Å². The molecule has 2 heterocycles. The Balaban J connectivity index is 2.09. The highest BCUT2D eigenvalue weighted by molar-refractivity contribution is 6.13. The molecule has 1 N–H and O–H groups in total. The summed E-state index contributed by atoms with van der Waals surface area (Å²) in [6, 6.07) is 5.44. The molecule has 104 valence electrons. The highest BCUT2D eigenvalue weighted by Gasteiger charge is 2.36. The molecule has 2 rings (SSSR count). The maximum atomic E-state index is 12.6. The monoisotopic (exact) mass is 270 g/mol. The standard InChI is InChI=1S/C14H19BN4O/c1-14(2,13(20)19-7-3-4-11(19)15)18-12-6-5-10(8-16)9-17-12/h5-6,9,11H,3-4,7,15H2,1-2H3,(H,17,18)/t11-/m1/s1. The van der Waals surface area contributed by atoms with Crippen LogP contribution in [0.5, 0.6) is 0 Å². The van der Waals surface area contributed by atoms with Gasteiger partial charge in [0, 0.05) is 12.7 Å². The molecule has 6 heteroatoms. The third-order valence-electron chi connectivity index (χ3n) is 3.68. The van der Waals surface area contributed by atoms with Crippen LogP contribution in [0.3, 0.4) is 0 Å². The van der Waals surface area contributed by atoms with E-state index in [0.29, 0.717) is 17.3 Å². The molecule has 20 heavy (non-hydrogen) atoms. The molecular weight excluding hydrogens is 251 g/mol. The maximum Gasteiger partial charge on any atom is 0.247 e. The van der Waals surface area contributed by atoms with Crippen LogP contribution >= 0.6 is 0 Å². The quantitative estimate of drug-likeness (QED) is 0.822. The van der Waals surface area contributed by atoms with Crippen molar-refractivity contribution in [2.45, 2.75) is 38.2 Å². The molecule has 5 nitrogen and oxygen atoms in total. The number of carbonyl (C=O) groups is 1. The number of hydrogen-bond donors (Lipinski definition) is 1. The van der Waals surface area contributed by atoms with Gasteiger partial charge in [-0.25, -0.2) is 4.98 Å². The molecular formula is C14H19BN4O. The number of nitriles is 1. The van der Waals surface area contributed by atoms with Crippen molar-refractivity contribution in [3.63, 3.8) is 0 Å². The summed E-state index contributed by atoms with van der Waals surface area (Å²) in [5, 5.41) is 11.9. The number of carbonyl (C=O) groups excluding carboxylic acids is 1. The number of rotatable bonds is 3. The average molecular weight is 270 g/mol. The van der Waals surface area contributed by atoms with Gasteiger partial charge in [0.25, 0.3) is 0 Å². The van der Waals surface area contributed by atoms with E-state index >= 15 is 0 Å². The number of aromatic nitrogens is 1. The van der Waals surface area contributed by atoms with E-state index in [1.807, 2.05) is 24.8 Å². The first-order valence-electron chi connectivity index (χ1n) is 6.89. The van der Waals surface area contributed by atoms with Gasteiger partial charge in [0.15, 0.2) is 0 Å². The van der Waals surface area contributed by atoms with E-state index in [0.717, 1.165) is 19.4 Å². The SMILES string of the molecule is B[C@H]1CCCN1C(=O)C(C)(C)Nc1ccc(C#N)cn1. The third kappa shape index (κ3) is 2.93. The molecule has 0 aliphatic carbocycles. The molecule has 1 aromatic rings. The van der Waals surface area contributed by atoms with Gasteiger partial charge in [-0.1, -0.05) is 0 Å². The first-order valence-corrected chi connectivity index (χ1v) is 6.89. The Kier molecular flexibility index (Phi) is 3.98. The molecule has 1 atom stereocenters. The Hall–Kier alpha value is -2.03. The minimum absolute atomic E-state index is 0.0914. The summed E-state index contributed by atoms with van der Waals surface area (Å²) < 4.78 is 0. The van der Waals surface area contributed by atoms with Crippen molar-refractivity contribution >= 4 is 19.6 Å². The summed E-state index contributed by atoms with van der Waals surface area (Å²) in [4.78, 5) is 18.7. The van der Waals surface area contributed by atoms with Gasteiger partial charge >= 0.3 is 0 Å². The van der Waals surface area contributed by atoms with Crippen LogP contribution in [0, 0.1) is 11.3 Å². The Morgan fingerprint density at radius 1 is 1.60 bits per heavy atom. The Labute approximate surface area is 120 Å². The summed E-state index contributed by atoms with van der Waals surface area (Å²) in [5.74, 6) is 1.00. The minimum Gasteiger partial charge on any atom is -0.356 e. The number of nitrogens with one attached hydrogen (secondary N) is 1. The number of nitrogens with zero attached hydrogens (tertiary/aromatic N) is 3. The Bertz CT molecular complexity index is 535. The smallest absolute Gasteiger partial charge is 0.247 e. The van der Waals surface area contributed by atoms with Crippen LogP contribution in [-0.2, 0) is 4.79 Å². The predicted octanol–water partition coefficient (Wildman–Crippen LogP) is 0.725. The average Bonchev–Trinajstić information content (AvgIpc) is 2.84. The zero-order chi connectivity index (χ0) is 14.8. The molecule has 1 aliphatic rings. The van der Waals surface area contributed by atoms with Gasteiger partial charge in [-0.3, -0.25) is 4.79 Å². The van der Waals surface area contributed by atoms with Gasteiger partial charge in [0.2, 0.25) is 5.91 Å². The van der Waals surface area contributed by atoms with Gasteiger partial charge in [0.1, 0.15) is 25.3 Å². The Morgan fingerprint density at radius 3 is 2.85 bits per heavy atom. The van der Waals surface area contributed by atoms with E-state index in [4.69, 9.17) is 5.26 Å². The summed E-state index contributed by atoms with van der Waals surface area (Å²) in [6.07, 6.45) is 3.64. The number of hydrogen-bond acceptors (Lipinski definition) is 4. The number of pyridine rings is 1. The second kappa shape index (κ2) is 5.54. The number of anilines is 1. The molecule has 0 aromatic carbocycles. The largest absolute Gasteiger partial charge is 0.356 e. The topological polar surface area (TPSA) is 69.0 Å². The van der Waals surface area contributed by atoms with Gasteiger partial charge in [-0.05, 0) is 44.8 Å². The fourth-order valence-electron chi connectivity index (χ4n) is 2.50. The van der Waals surface area contributed by atoms with Crippen LogP contribution < -0.4 is 5.32 Å². The molecule has 0 radical (unpaired) electrons. The first-order chi connectivity index (χ1) is 9.44. The molecule has 1 saturated heterocycles. The number of likely N-dealkylation sites (tertiary alicyclic amines) is 1. The molecule has 0 spiro atoms. The van der Waals surface area contributed by atoms with E-state index in [9.17, 15) is 4.79 Å². The van der Waals surface area contributed by atoms with Gasteiger partial charge in [0.05, 0.1) is 5.56 Å². The van der Waals surface area contributed by atoms with Crippen LogP contribution in [0.15, 0.2) is 18.3 Å². The first kappa shape index (κ1) is 14.4. The molecule has 1 fully saturated rings. The highest BCUT2D eigenvalue weighted by atomic mass is 16.2. The maximum absolute atomic E-state index is 12.6. The molecule has 0 unspecified atom stereocenters. The third-order valence-corrected chi connectivity index (χ3v) is 3.68. The van der Waals surface area contributed by atoms with Crippen LogP contribution in [0.2, 0.25) is 0 Å². The van der Waals surface area contributed by atoms with Crippen molar-refractivity contribution < 1.29 is 4.79 Å². The second-order valence-electron chi connectivity index (χ2n) is 5.78. The fourth-order valence-corrected chi connectivity index (χ4v) is 2.50. The zero-order valence-electron chi connectivity index (χ0n) is 12.2. The van der Waals surface area contributed by atoms with Crippen molar-refractivity contribution in [2.24, 2.45) is 0 Å².